The fraction of sp³-hybridized carbons (Fsp3) is 0.778. The Labute approximate surface area is 134 Å². The summed E-state index contributed by atoms with van der Waals surface area (Å²) in [7, 11) is 0. The van der Waals surface area contributed by atoms with Gasteiger partial charge in [-0.1, -0.05) is 38.5 Å². The molecule has 0 radical (unpaired) electrons. The molecule has 0 atom stereocenters. The Balaban J connectivity index is 3.16. The zero-order valence-corrected chi connectivity index (χ0v) is 13.6. The summed E-state index contributed by atoms with van der Waals surface area (Å²) in [5.41, 5.74) is 0. The lowest BCUT2D eigenvalue weighted by molar-refractivity contribution is -0.138. The maximum atomic E-state index is 10.3. The molecule has 0 unspecified atom stereocenters. The molecule has 0 heterocycles. The molecule has 0 saturated heterocycles. The van der Waals surface area contributed by atoms with Crippen LogP contribution in [0.25, 0.3) is 0 Å². The van der Waals surface area contributed by atoms with Crippen LogP contribution in [-0.2, 0) is 9.59 Å². The Kier molecular flexibility index (Phi) is 14.8. The molecule has 0 aliphatic heterocycles. The zero-order valence-electron chi connectivity index (χ0n) is 13.6. The molecule has 0 rings (SSSR count). The van der Waals surface area contributed by atoms with Gasteiger partial charge in [-0.25, -0.2) is 0 Å². The highest BCUT2D eigenvalue weighted by Gasteiger charge is 1.96. The van der Waals surface area contributed by atoms with Crippen LogP contribution in [0, 0.1) is 11.8 Å². The van der Waals surface area contributed by atoms with Crippen LogP contribution in [0.4, 0.5) is 0 Å². The molecule has 4 heteroatoms. The van der Waals surface area contributed by atoms with Crippen LogP contribution in [0.5, 0.6) is 0 Å². The molecule has 0 aromatic heterocycles. The summed E-state index contributed by atoms with van der Waals surface area (Å²) >= 11 is 0. The molecule has 0 aromatic rings. The van der Waals surface area contributed by atoms with Crippen LogP contribution in [0.1, 0.15) is 89.9 Å². The quantitative estimate of drug-likeness (QED) is 0.362. The summed E-state index contributed by atoms with van der Waals surface area (Å²) in [5.74, 6) is 4.96. The van der Waals surface area contributed by atoms with Gasteiger partial charge in [0, 0.05) is 25.7 Å². The highest BCUT2D eigenvalue weighted by atomic mass is 16.4. The van der Waals surface area contributed by atoms with Crippen molar-refractivity contribution in [3.05, 3.63) is 0 Å². The molecule has 22 heavy (non-hydrogen) atoms. The summed E-state index contributed by atoms with van der Waals surface area (Å²) in [6, 6.07) is 0. The van der Waals surface area contributed by atoms with Crippen LogP contribution < -0.4 is 0 Å². The van der Waals surface area contributed by atoms with Crippen molar-refractivity contribution in [3.63, 3.8) is 0 Å². The minimum Gasteiger partial charge on any atom is -0.481 e. The molecule has 0 amide bonds. The van der Waals surface area contributed by atoms with Gasteiger partial charge >= 0.3 is 11.9 Å². The van der Waals surface area contributed by atoms with E-state index in [1.54, 1.807) is 0 Å². The largest absolute Gasteiger partial charge is 0.481 e. The van der Waals surface area contributed by atoms with Gasteiger partial charge in [0.2, 0.25) is 0 Å². The Bertz CT molecular complexity index is 352. The van der Waals surface area contributed by atoms with Crippen molar-refractivity contribution in [2.75, 3.05) is 0 Å². The number of unbranched alkanes of at least 4 members (excludes halogenated alkanes) is 10. The van der Waals surface area contributed by atoms with Crippen molar-refractivity contribution in [1.82, 2.24) is 0 Å². The predicted molar refractivity (Wildman–Crippen MR) is 87.7 cm³/mol. The second kappa shape index (κ2) is 15.9. The monoisotopic (exact) mass is 310 g/mol. The van der Waals surface area contributed by atoms with E-state index >= 15 is 0 Å². The van der Waals surface area contributed by atoms with Crippen molar-refractivity contribution in [3.8, 4) is 11.8 Å². The lowest BCUT2D eigenvalue weighted by Crippen LogP contribution is -1.93. The summed E-state index contributed by atoms with van der Waals surface area (Å²) in [4.78, 5) is 20.6. The smallest absolute Gasteiger partial charge is 0.303 e. The van der Waals surface area contributed by atoms with Crippen molar-refractivity contribution in [2.24, 2.45) is 0 Å². The van der Waals surface area contributed by atoms with E-state index in [-0.39, 0.29) is 6.42 Å². The molecule has 0 spiro atoms. The fourth-order valence-electron chi connectivity index (χ4n) is 2.22. The molecular weight excluding hydrogens is 280 g/mol. The highest BCUT2D eigenvalue weighted by molar-refractivity contribution is 5.66. The van der Waals surface area contributed by atoms with Crippen LogP contribution in [0.2, 0.25) is 0 Å². The van der Waals surface area contributed by atoms with Crippen LogP contribution in [0.15, 0.2) is 0 Å². The minimum absolute atomic E-state index is 0.280. The maximum absolute atomic E-state index is 10.3. The van der Waals surface area contributed by atoms with Gasteiger partial charge in [0.15, 0.2) is 0 Å². The Morgan fingerprint density at radius 2 is 0.864 bits per heavy atom. The summed E-state index contributed by atoms with van der Waals surface area (Å²) in [6.45, 7) is 0. The molecule has 4 nitrogen and oxygen atoms in total. The third-order valence-corrected chi connectivity index (χ3v) is 3.51. The van der Waals surface area contributed by atoms with Crippen LogP contribution in [-0.4, -0.2) is 22.2 Å². The number of carboxylic acids is 2. The molecule has 0 aromatic carbocycles. The van der Waals surface area contributed by atoms with E-state index in [1.807, 2.05) is 0 Å². The Morgan fingerprint density at radius 3 is 1.23 bits per heavy atom. The maximum Gasteiger partial charge on any atom is 0.303 e. The van der Waals surface area contributed by atoms with Gasteiger partial charge in [0.25, 0.3) is 0 Å². The average molecular weight is 310 g/mol. The number of hydrogen-bond acceptors (Lipinski definition) is 2. The lowest BCUT2D eigenvalue weighted by atomic mass is 10.1. The number of carboxylic acid groups (broad SMARTS) is 2. The molecule has 2 N–H and O–H groups in total. The van der Waals surface area contributed by atoms with Gasteiger partial charge in [-0.2, -0.15) is 0 Å². The molecule has 0 bridgehead atoms. The van der Waals surface area contributed by atoms with Gasteiger partial charge in [-0.15, -0.1) is 11.8 Å². The zero-order chi connectivity index (χ0) is 16.5. The van der Waals surface area contributed by atoms with Gasteiger partial charge in [0.1, 0.15) is 0 Å². The van der Waals surface area contributed by atoms with E-state index < -0.39 is 11.9 Å². The molecule has 126 valence electrons. The number of carbonyl (C=O) groups is 2. The van der Waals surface area contributed by atoms with Crippen LogP contribution in [0.3, 0.4) is 0 Å². The van der Waals surface area contributed by atoms with Gasteiger partial charge < -0.3 is 10.2 Å². The average Bonchev–Trinajstić information content (AvgIpc) is 2.46. The second-order valence-electron chi connectivity index (χ2n) is 5.68. The van der Waals surface area contributed by atoms with E-state index in [0.29, 0.717) is 6.42 Å². The van der Waals surface area contributed by atoms with Gasteiger partial charge in [-0.3, -0.25) is 9.59 Å². The molecule has 0 aliphatic carbocycles. The topological polar surface area (TPSA) is 74.6 Å². The number of aliphatic carboxylic acids is 2. The Hall–Kier alpha value is -1.50. The van der Waals surface area contributed by atoms with Crippen molar-refractivity contribution in [2.45, 2.75) is 89.9 Å². The first-order valence-electron chi connectivity index (χ1n) is 8.52. The number of rotatable bonds is 14. The van der Waals surface area contributed by atoms with E-state index in [4.69, 9.17) is 10.2 Å². The SMILES string of the molecule is O=C(O)CCCCCCC#CCCCCCCCCC(=O)O. The minimum atomic E-state index is -0.707. The number of hydrogen-bond donors (Lipinski definition) is 2. The second-order valence-corrected chi connectivity index (χ2v) is 5.68. The predicted octanol–water partition coefficient (Wildman–Crippen LogP) is 4.62. The first-order valence-corrected chi connectivity index (χ1v) is 8.52. The van der Waals surface area contributed by atoms with Gasteiger partial charge in [0.05, 0.1) is 0 Å². The van der Waals surface area contributed by atoms with E-state index in [1.165, 1.54) is 12.8 Å². The van der Waals surface area contributed by atoms with E-state index in [2.05, 4.69) is 11.8 Å². The third kappa shape index (κ3) is 18.5. The van der Waals surface area contributed by atoms with Gasteiger partial charge in [-0.05, 0) is 25.7 Å². The molecule has 0 saturated carbocycles. The fourth-order valence-corrected chi connectivity index (χ4v) is 2.22. The molecule has 0 aliphatic rings. The van der Waals surface area contributed by atoms with Crippen LogP contribution >= 0.6 is 0 Å². The lowest BCUT2D eigenvalue weighted by Gasteiger charge is -1.98. The van der Waals surface area contributed by atoms with Crippen molar-refractivity contribution >= 4 is 11.9 Å². The molecular formula is C18H30O4. The first-order chi connectivity index (χ1) is 10.6. The normalized spacial score (nSPS) is 10.0. The third-order valence-electron chi connectivity index (χ3n) is 3.51. The van der Waals surface area contributed by atoms with Crippen molar-refractivity contribution < 1.29 is 19.8 Å². The van der Waals surface area contributed by atoms with E-state index in [0.717, 1.165) is 64.2 Å². The summed E-state index contributed by atoms with van der Waals surface area (Å²) in [6.07, 6.45) is 12.7. The van der Waals surface area contributed by atoms with E-state index in [9.17, 15) is 9.59 Å². The first kappa shape index (κ1) is 20.5. The highest BCUT2D eigenvalue weighted by Crippen LogP contribution is 2.08. The standard InChI is InChI=1S/C18H30O4/c19-17(20)15-13-11-9-7-5-3-1-2-4-6-8-10-12-14-16-18(21)22/h1,3,5-16H2,(H,19,20)(H,21,22). The summed E-state index contributed by atoms with van der Waals surface area (Å²) < 4.78 is 0. The molecule has 0 fully saturated rings. The Morgan fingerprint density at radius 1 is 0.545 bits per heavy atom. The van der Waals surface area contributed by atoms with Crippen molar-refractivity contribution in [1.29, 1.82) is 0 Å². The summed E-state index contributed by atoms with van der Waals surface area (Å²) in [5, 5.41) is 17.0.